The number of carbonyl (C=O) groups excluding carboxylic acids is 1. The molecular weight excluding hydrogens is 190 g/mol. The zero-order valence-electron chi connectivity index (χ0n) is 8.81. The maximum atomic E-state index is 11.9. The molecule has 1 saturated carbocycles. The Morgan fingerprint density at radius 3 is 3.00 bits per heavy atom. The van der Waals surface area contributed by atoms with Crippen molar-refractivity contribution in [2.24, 2.45) is 5.92 Å². The van der Waals surface area contributed by atoms with Crippen LogP contribution in [0.1, 0.15) is 23.2 Å². The second-order valence-corrected chi connectivity index (χ2v) is 4.10. The Hall–Kier alpha value is -1.58. The van der Waals surface area contributed by atoms with Crippen LogP contribution in [0.4, 0.5) is 5.82 Å². The van der Waals surface area contributed by atoms with Crippen LogP contribution in [-0.2, 0) is 0 Å². The second kappa shape index (κ2) is 3.88. The van der Waals surface area contributed by atoms with Gasteiger partial charge in [0.1, 0.15) is 5.82 Å². The van der Waals surface area contributed by atoms with Crippen molar-refractivity contribution in [2.75, 3.05) is 19.3 Å². The number of hydrogen-bond acceptors (Lipinski definition) is 3. The average Bonchev–Trinajstić information content (AvgIpc) is 3.00. The van der Waals surface area contributed by atoms with Crippen molar-refractivity contribution < 1.29 is 4.79 Å². The summed E-state index contributed by atoms with van der Waals surface area (Å²) in [5.74, 6) is 1.12. The maximum Gasteiger partial charge on any atom is 0.253 e. The van der Waals surface area contributed by atoms with Gasteiger partial charge in [-0.25, -0.2) is 4.98 Å². The molecule has 0 bridgehead atoms. The number of rotatable bonds is 3. The van der Waals surface area contributed by atoms with Crippen molar-refractivity contribution in [3.8, 4) is 0 Å². The van der Waals surface area contributed by atoms with Gasteiger partial charge in [0.25, 0.3) is 5.91 Å². The Balaban J connectivity index is 2.05. The van der Waals surface area contributed by atoms with Gasteiger partial charge < -0.3 is 10.6 Å². The van der Waals surface area contributed by atoms with Gasteiger partial charge in [-0.2, -0.15) is 0 Å². The molecular formula is C11H15N3O. The molecule has 0 aliphatic heterocycles. The summed E-state index contributed by atoms with van der Waals surface area (Å²) >= 11 is 0. The van der Waals surface area contributed by atoms with Crippen LogP contribution in [0.15, 0.2) is 18.3 Å². The summed E-state index contributed by atoms with van der Waals surface area (Å²) in [6, 6.07) is 3.31. The van der Waals surface area contributed by atoms with Gasteiger partial charge in [0.05, 0.1) is 0 Å². The summed E-state index contributed by atoms with van der Waals surface area (Å²) in [7, 11) is 1.83. The molecule has 0 radical (unpaired) electrons. The zero-order valence-corrected chi connectivity index (χ0v) is 8.81. The van der Waals surface area contributed by atoms with Gasteiger partial charge >= 0.3 is 0 Å². The molecule has 1 aliphatic rings. The van der Waals surface area contributed by atoms with Gasteiger partial charge in [-0.3, -0.25) is 4.79 Å². The average molecular weight is 205 g/mol. The van der Waals surface area contributed by atoms with E-state index in [-0.39, 0.29) is 5.91 Å². The minimum absolute atomic E-state index is 0.0241. The molecule has 0 saturated heterocycles. The lowest BCUT2D eigenvalue weighted by Crippen LogP contribution is -2.28. The van der Waals surface area contributed by atoms with E-state index in [0.29, 0.717) is 17.3 Å². The molecule has 0 atom stereocenters. The van der Waals surface area contributed by atoms with Crippen LogP contribution in [0.5, 0.6) is 0 Å². The van der Waals surface area contributed by atoms with E-state index in [4.69, 9.17) is 5.73 Å². The number of nitrogen functional groups attached to an aromatic ring is 1. The molecule has 1 heterocycles. The quantitative estimate of drug-likeness (QED) is 0.805. The number of nitrogens with zero attached hydrogens (tertiary/aromatic N) is 2. The summed E-state index contributed by atoms with van der Waals surface area (Å²) in [6.45, 7) is 0.848. The molecule has 2 rings (SSSR count). The summed E-state index contributed by atoms with van der Waals surface area (Å²) in [5, 5.41) is 0. The third kappa shape index (κ3) is 2.46. The van der Waals surface area contributed by atoms with E-state index in [1.165, 1.54) is 12.8 Å². The first-order chi connectivity index (χ1) is 7.16. The molecule has 1 amide bonds. The highest BCUT2D eigenvalue weighted by molar-refractivity contribution is 5.94. The van der Waals surface area contributed by atoms with Crippen molar-refractivity contribution in [1.82, 2.24) is 9.88 Å². The van der Waals surface area contributed by atoms with Crippen molar-refractivity contribution in [2.45, 2.75) is 12.8 Å². The molecule has 0 aromatic carbocycles. The monoisotopic (exact) mass is 205 g/mol. The first-order valence-corrected chi connectivity index (χ1v) is 5.14. The lowest BCUT2D eigenvalue weighted by molar-refractivity contribution is 0.0788. The largest absolute Gasteiger partial charge is 0.384 e. The number of carbonyl (C=O) groups is 1. The van der Waals surface area contributed by atoms with Crippen LogP contribution < -0.4 is 5.73 Å². The van der Waals surface area contributed by atoms with Gasteiger partial charge in [-0.05, 0) is 30.9 Å². The minimum atomic E-state index is 0.0241. The van der Waals surface area contributed by atoms with Crippen LogP contribution in [0.2, 0.25) is 0 Å². The van der Waals surface area contributed by atoms with Crippen molar-refractivity contribution in [3.63, 3.8) is 0 Å². The topological polar surface area (TPSA) is 59.2 Å². The molecule has 15 heavy (non-hydrogen) atoms. The number of amides is 1. The normalized spacial score (nSPS) is 15.0. The van der Waals surface area contributed by atoms with Crippen molar-refractivity contribution in [3.05, 3.63) is 23.9 Å². The number of hydrogen-bond donors (Lipinski definition) is 1. The smallest absolute Gasteiger partial charge is 0.253 e. The van der Waals surface area contributed by atoms with E-state index >= 15 is 0 Å². The van der Waals surface area contributed by atoms with E-state index in [1.807, 2.05) is 7.05 Å². The van der Waals surface area contributed by atoms with Gasteiger partial charge in [0.15, 0.2) is 0 Å². The Bertz CT molecular complexity index is 374. The van der Waals surface area contributed by atoms with E-state index in [0.717, 1.165) is 6.54 Å². The third-order valence-corrected chi connectivity index (χ3v) is 2.60. The van der Waals surface area contributed by atoms with E-state index in [9.17, 15) is 4.79 Å². The molecule has 1 aromatic rings. The highest BCUT2D eigenvalue weighted by Gasteiger charge is 2.25. The van der Waals surface area contributed by atoms with Gasteiger partial charge in [0.2, 0.25) is 0 Å². The molecule has 0 spiro atoms. The van der Waals surface area contributed by atoms with Gasteiger partial charge in [0, 0.05) is 25.4 Å². The molecule has 1 aliphatic carbocycles. The Labute approximate surface area is 89.1 Å². The molecule has 80 valence electrons. The number of nitrogens with two attached hydrogens (primary N) is 1. The second-order valence-electron chi connectivity index (χ2n) is 4.10. The Morgan fingerprint density at radius 1 is 1.67 bits per heavy atom. The fraction of sp³-hybridized carbons (Fsp3) is 0.455. The minimum Gasteiger partial charge on any atom is -0.384 e. The zero-order chi connectivity index (χ0) is 10.8. The predicted molar refractivity (Wildman–Crippen MR) is 58.3 cm³/mol. The lowest BCUT2D eigenvalue weighted by atomic mass is 10.2. The van der Waals surface area contributed by atoms with E-state index in [1.54, 1.807) is 23.2 Å². The van der Waals surface area contributed by atoms with E-state index in [2.05, 4.69) is 4.98 Å². The number of pyridine rings is 1. The first kappa shape index (κ1) is 9.96. The van der Waals surface area contributed by atoms with Gasteiger partial charge in [-0.1, -0.05) is 0 Å². The fourth-order valence-corrected chi connectivity index (χ4v) is 1.57. The number of anilines is 1. The Morgan fingerprint density at radius 2 is 2.40 bits per heavy atom. The summed E-state index contributed by atoms with van der Waals surface area (Å²) in [4.78, 5) is 17.5. The third-order valence-electron chi connectivity index (χ3n) is 2.60. The van der Waals surface area contributed by atoms with Crippen molar-refractivity contribution >= 4 is 11.7 Å². The molecule has 2 N–H and O–H groups in total. The first-order valence-electron chi connectivity index (χ1n) is 5.14. The maximum absolute atomic E-state index is 11.9. The van der Waals surface area contributed by atoms with Crippen LogP contribution >= 0.6 is 0 Å². The SMILES string of the molecule is CN(CC1CC1)C(=O)c1ccnc(N)c1. The lowest BCUT2D eigenvalue weighted by Gasteiger charge is -2.16. The molecule has 1 aromatic heterocycles. The highest BCUT2D eigenvalue weighted by atomic mass is 16.2. The van der Waals surface area contributed by atoms with Crippen molar-refractivity contribution in [1.29, 1.82) is 0 Å². The predicted octanol–water partition coefficient (Wildman–Crippen LogP) is 1.15. The number of aromatic nitrogens is 1. The molecule has 4 heteroatoms. The van der Waals surface area contributed by atoms with Crippen LogP contribution in [0.25, 0.3) is 0 Å². The van der Waals surface area contributed by atoms with Crippen LogP contribution in [0.3, 0.4) is 0 Å². The van der Waals surface area contributed by atoms with E-state index < -0.39 is 0 Å². The Kier molecular flexibility index (Phi) is 2.58. The summed E-state index contributed by atoms with van der Waals surface area (Å²) in [6.07, 6.45) is 4.06. The molecule has 0 unspecified atom stereocenters. The fourth-order valence-electron chi connectivity index (χ4n) is 1.57. The standard InChI is InChI=1S/C11H15N3O/c1-14(7-8-2-3-8)11(15)9-4-5-13-10(12)6-9/h4-6,8H,2-3,7H2,1H3,(H2,12,13). The highest BCUT2D eigenvalue weighted by Crippen LogP contribution is 2.29. The molecule has 1 fully saturated rings. The summed E-state index contributed by atoms with van der Waals surface area (Å²) < 4.78 is 0. The molecule has 4 nitrogen and oxygen atoms in total. The van der Waals surface area contributed by atoms with Crippen LogP contribution in [0, 0.1) is 5.92 Å². The van der Waals surface area contributed by atoms with Crippen LogP contribution in [-0.4, -0.2) is 29.4 Å². The van der Waals surface area contributed by atoms with Gasteiger partial charge in [-0.15, -0.1) is 0 Å². The summed E-state index contributed by atoms with van der Waals surface area (Å²) in [5.41, 5.74) is 6.14.